The number of benzene rings is 1. The van der Waals surface area contributed by atoms with Crippen LogP contribution in [0.4, 0.5) is 11.6 Å². The van der Waals surface area contributed by atoms with E-state index in [4.69, 9.17) is 16.3 Å². The minimum Gasteiger partial charge on any atom is -0.496 e. The number of piperidine rings is 1. The summed E-state index contributed by atoms with van der Waals surface area (Å²) in [5.74, 6) is 3.23. The van der Waals surface area contributed by atoms with Crippen LogP contribution in [0.25, 0.3) is 0 Å². The molecule has 0 N–H and O–H groups in total. The lowest BCUT2D eigenvalue weighted by Gasteiger charge is -2.36. The summed E-state index contributed by atoms with van der Waals surface area (Å²) in [4.78, 5) is 28.8. The molecule has 2 aromatic rings. The van der Waals surface area contributed by atoms with Gasteiger partial charge in [-0.15, -0.1) is 0 Å². The van der Waals surface area contributed by atoms with E-state index in [0.717, 1.165) is 43.6 Å². The molecule has 7 nitrogen and oxygen atoms in total. The van der Waals surface area contributed by atoms with Gasteiger partial charge in [-0.05, 0) is 44.4 Å². The van der Waals surface area contributed by atoms with Crippen molar-refractivity contribution < 1.29 is 9.53 Å². The third-order valence-corrected chi connectivity index (χ3v) is 6.01. The zero-order valence-corrected chi connectivity index (χ0v) is 18.4. The summed E-state index contributed by atoms with van der Waals surface area (Å²) in [7, 11) is 1.56. The molecule has 4 rings (SSSR count). The molecule has 160 valence electrons. The Morgan fingerprint density at radius 2 is 1.57 bits per heavy atom. The van der Waals surface area contributed by atoms with Gasteiger partial charge in [0.05, 0.1) is 12.7 Å². The third kappa shape index (κ3) is 4.46. The summed E-state index contributed by atoms with van der Waals surface area (Å²) in [6.45, 7) is 6.75. The molecule has 0 spiro atoms. The first-order chi connectivity index (χ1) is 14.5. The van der Waals surface area contributed by atoms with Gasteiger partial charge in [0.1, 0.15) is 23.2 Å². The van der Waals surface area contributed by atoms with Gasteiger partial charge in [0.2, 0.25) is 0 Å². The van der Waals surface area contributed by atoms with Crippen LogP contribution in [-0.2, 0) is 0 Å². The Kier molecular flexibility index (Phi) is 6.27. The maximum absolute atomic E-state index is 13.0. The van der Waals surface area contributed by atoms with Gasteiger partial charge in [0, 0.05) is 50.4 Å². The van der Waals surface area contributed by atoms with Gasteiger partial charge < -0.3 is 19.4 Å². The molecule has 30 heavy (non-hydrogen) atoms. The molecule has 2 aliphatic heterocycles. The zero-order valence-electron chi connectivity index (χ0n) is 17.6. The third-order valence-electron chi connectivity index (χ3n) is 5.77. The van der Waals surface area contributed by atoms with E-state index in [-0.39, 0.29) is 5.91 Å². The molecule has 0 aliphatic carbocycles. The molecule has 0 radical (unpaired) electrons. The molecule has 2 aliphatic rings. The van der Waals surface area contributed by atoms with Crippen LogP contribution in [0.5, 0.6) is 5.75 Å². The van der Waals surface area contributed by atoms with E-state index in [1.165, 1.54) is 19.3 Å². The molecule has 0 atom stereocenters. The highest BCUT2D eigenvalue weighted by atomic mass is 35.5. The second-order valence-corrected chi connectivity index (χ2v) is 8.24. The molecule has 8 heteroatoms. The number of nitrogens with zero attached hydrogens (tertiary/aromatic N) is 5. The fourth-order valence-corrected chi connectivity index (χ4v) is 4.31. The van der Waals surface area contributed by atoms with Crippen molar-refractivity contribution in [3.8, 4) is 5.75 Å². The summed E-state index contributed by atoms with van der Waals surface area (Å²) < 4.78 is 5.35. The number of ether oxygens (including phenoxy) is 1. The molecule has 0 bridgehead atoms. The van der Waals surface area contributed by atoms with Gasteiger partial charge in [-0.1, -0.05) is 11.6 Å². The largest absolute Gasteiger partial charge is 0.496 e. The number of anilines is 2. The van der Waals surface area contributed by atoms with Crippen LogP contribution in [0, 0.1) is 6.92 Å². The normalized spacial score (nSPS) is 17.2. The molecule has 1 aromatic heterocycles. The predicted molar refractivity (Wildman–Crippen MR) is 119 cm³/mol. The molecule has 2 saturated heterocycles. The standard InChI is InChI=1S/C22H28ClN5O2/c1-16-24-20(26-8-4-3-5-9-26)15-21(25-16)27-10-12-28(13-11-27)22(29)18-14-17(23)6-7-19(18)30-2/h6-7,14-15H,3-5,8-13H2,1-2H3. The maximum Gasteiger partial charge on any atom is 0.257 e. The Morgan fingerprint density at radius 3 is 2.20 bits per heavy atom. The van der Waals surface area contributed by atoms with Crippen LogP contribution in [0.2, 0.25) is 5.02 Å². The Bertz CT molecular complexity index is 908. The van der Waals surface area contributed by atoms with E-state index in [1.54, 1.807) is 25.3 Å². The number of hydrogen-bond acceptors (Lipinski definition) is 6. The van der Waals surface area contributed by atoms with Crippen molar-refractivity contribution in [3.05, 3.63) is 40.7 Å². The number of hydrogen-bond donors (Lipinski definition) is 0. The zero-order chi connectivity index (χ0) is 21.1. The highest BCUT2D eigenvalue weighted by molar-refractivity contribution is 6.31. The highest BCUT2D eigenvalue weighted by Crippen LogP contribution is 2.26. The van der Waals surface area contributed by atoms with Crippen molar-refractivity contribution in [2.75, 3.05) is 56.2 Å². The highest BCUT2D eigenvalue weighted by Gasteiger charge is 2.26. The van der Waals surface area contributed by atoms with E-state index in [9.17, 15) is 4.79 Å². The Hall–Kier alpha value is -2.54. The summed E-state index contributed by atoms with van der Waals surface area (Å²) in [5, 5.41) is 0.527. The first-order valence-corrected chi connectivity index (χ1v) is 10.9. The molecule has 1 amide bonds. The van der Waals surface area contributed by atoms with Crippen molar-refractivity contribution in [1.82, 2.24) is 14.9 Å². The summed E-state index contributed by atoms with van der Waals surface area (Å²) >= 11 is 6.10. The Balaban J connectivity index is 1.45. The van der Waals surface area contributed by atoms with Crippen molar-refractivity contribution >= 4 is 29.1 Å². The average Bonchev–Trinajstić information content (AvgIpc) is 2.79. The number of carbonyl (C=O) groups is 1. The second kappa shape index (κ2) is 9.08. The lowest BCUT2D eigenvalue weighted by atomic mass is 10.1. The SMILES string of the molecule is COc1ccc(Cl)cc1C(=O)N1CCN(c2cc(N3CCCCC3)nc(C)n2)CC1. The minimum atomic E-state index is -0.0538. The van der Waals surface area contributed by atoms with Crippen LogP contribution in [0.1, 0.15) is 35.4 Å². The average molecular weight is 430 g/mol. The van der Waals surface area contributed by atoms with E-state index >= 15 is 0 Å². The van der Waals surface area contributed by atoms with Crippen molar-refractivity contribution in [1.29, 1.82) is 0 Å². The maximum atomic E-state index is 13.0. The molecular weight excluding hydrogens is 402 g/mol. The number of aryl methyl sites for hydroxylation is 1. The van der Waals surface area contributed by atoms with Crippen LogP contribution in [-0.4, -0.2) is 67.2 Å². The summed E-state index contributed by atoms with van der Waals surface area (Å²) in [6, 6.07) is 7.23. The van der Waals surface area contributed by atoms with Crippen LogP contribution < -0.4 is 14.5 Å². The van der Waals surface area contributed by atoms with Gasteiger partial charge in [-0.2, -0.15) is 0 Å². The fraction of sp³-hybridized carbons (Fsp3) is 0.500. The quantitative estimate of drug-likeness (QED) is 0.742. The molecular formula is C22H28ClN5O2. The van der Waals surface area contributed by atoms with Gasteiger partial charge in [0.25, 0.3) is 5.91 Å². The van der Waals surface area contributed by atoms with Gasteiger partial charge >= 0.3 is 0 Å². The number of piperazine rings is 1. The lowest BCUT2D eigenvalue weighted by molar-refractivity contribution is 0.0743. The summed E-state index contributed by atoms with van der Waals surface area (Å²) in [5.41, 5.74) is 0.503. The number of halogens is 1. The van der Waals surface area contributed by atoms with Crippen molar-refractivity contribution in [2.45, 2.75) is 26.2 Å². The number of amides is 1. The van der Waals surface area contributed by atoms with Crippen LogP contribution >= 0.6 is 11.6 Å². The topological polar surface area (TPSA) is 61.8 Å². The molecule has 0 unspecified atom stereocenters. The monoisotopic (exact) mass is 429 g/mol. The smallest absolute Gasteiger partial charge is 0.257 e. The van der Waals surface area contributed by atoms with Crippen molar-refractivity contribution in [2.24, 2.45) is 0 Å². The first-order valence-electron chi connectivity index (χ1n) is 10.5. The first kappa shape index (κ1) is 20.7. The number of methoxy groups -OCH3 is 1. The van der Waals surface area contributed by atoms with E-state index in [2.05, 4.69) is 25.8 Å². The molecule has 1 aromatic carbocycles. The van der Waals surface area contributed by atoms with Gasteiger partial charge in [0.15, 0.2) is 0 Å². The van der Waals surface area contributed by atoms with Gasteiger partial charge in [-0.3, -0.25) is 4.79 Å². The Labute approximate surface area is 182 Å². The van der Waals surface area contributed by atoms with E-state index < -0.39 is 0 Å². The lowest BCUT2D eigenvalue weighted by Crippen LogP contribution is -2.49. The molecule has 2 fully saturated rings. The van der Waals surface area contributed by atoms with Crippen LogP contribution in [0.3, 0.4) is 0 Å². The van der Waals surface area contributed by atoms with Gasteiger partial charge in [-0.25, -0.2) is 9.97 Å². The number of aromatic nitrogens is 2. The van der Waals surface area contributed by atoms with Crippen molar-refractivity contribution in [3.63, 3.8) is 0 Å². The number of carbonyl (C=O) groups excluding carboxylic acids is 1. The Morgan fingerprint density at radius 1 is 0.933 bits per heavy atom. The van der Waals surface area contributed by atoms with E-state index in [1.807, 2.05) is 11.8 Å². The second-order valence-electron chi connectivity index (χ2n) is 7.80. The molecule has 3 heterocycles. The fourth-order valence-electron chi connectivity index (χ4n) is 4.14. The number of rotatable bonds is 4. The van der Waals surface area contributed by atoms with E-state index in [0.29, 0.717) is 29.4 Å². The van der Waals surface area contributed by atoms with Crippen LogP contribution in [0.15, 0.2) is 24.3 Å². The minimum absolute atomic E-state index is 0.0538. The predicted octanol–water partition coefficient (Wildman–Crippen LogP) is 3.40. The molecule has 0 saturated carbocycles. The summed E-state index contributed by atoms with van der Waals surface area (Å²) in [6.07, 6.45) is 3.72.